The smallest absolute Gasteiger partial charge is 0.223 e. The first-order valence-corrected chi connectivity index (χ1v) is 10.1. The summed E-state index contributed by atoms with van der Waals surface area (Å²) in [6.45, 7) is 6.78. The molecule has 2 heterocycles. The molecule has 1 aromatic heterocycles. The Bertz CT molecular complexity index is 736. The minimum Gasteiger partial charge on any atom is -0.356 e. The molecule has 5 heteroatoms. The molecule has 1 N–H and O–H groups in total. The van der Waals surface area contributed by atoms with Crippen LogP contribution in [0.2, 0.25) is 0 Å². The Labute approximate surface area is 162 Å². The van der Waals surface area contributed by atoms with Crippen molar-refractivity contribution in [1.29, 1.82) is 0 Å². The number of rotatable bonds is 7. The van der Waals surface area contributed by atoms with Gasteiger partial charge >= 0.3 is 0 Å². The number of amides is 1. The van der Waals surface area contributed by atoms with Crippen LogP contribution in [0.5, 0.6) is 0 Å². The van der Waals surface area contributed by atoms with E-state index in [0.29, 0.717) is 0 Å². The van der Waals surface area contributed by atoms with Crippen molar-refractivity contribution in [2.24, 2.45) is 5.92 Å². The zero-order chi connectivity index (χ0) is 19.1. The highest BCUT2D eigenvalue weighted by Gasteiger charge is 2.25. The van der Waals surface area contributed by atoms with Gasteiger partial charge in [0, 0.05) is 37.2 Å². The number of benzene rings is 1. The van der Waals surface area contributed by atoms with Gasteiger partial charge < -0.3 is 10.2 Å². The fourth-order valence-corrected chi connectivity index (χ4v) is 3.50. The molecule has 0 bridgehead atoms. The van der Waals surface area contributed by atoms with Gasteiger partial charge in [0.05, 0.1) is 5.69 Å². The average Bonchev–Trinajstić information content (AvgIpc) is 2.72. The Morgan fingerprint density at radius 2 is 1.89 bits per heavy atom. The number of anilines is 1. The van der Waals surface area contributed by atoms with Gasteiger partial charge in [-0.1, -0.05) is 49.6 Å². The predicted molar refractivity (Wildman–Crippen MR) is 110 cm³/mol. The molecule has 0 atom stereocenters. The molecule has 1 aliphatic rings. The van der Waals surface area contributed by atoms with E-state index >= 15 is 0 Å². The van der Waals surface area contributed by atoms with E-state index in [4.69, 9.17) is 0 Å². The van der Waals surface area contributed by atoms with Crippen LogP contribution in [0.4, 0.5) is 5.82 Å². The first kappa shape index (κ1) is 19.3. The Hall–Kier alpha value is -2.43. The highest BCUT2D eigenvalue weighted by Crippen LogP contribution is 2.25. The standard InChI is InChI=1S/C22H30N4O/c1-3-4-5-12-23-22(27)19-10-13-26(14-11-19)21-15-20(24-16-25-21)18-8-6-17(2)7-9-18/h6-9,15-16,19H,3-5,10-14H2,1-2H3,(H,23,27). The number of aromatic nitrogens is 2. The molecule has 0 spiro atoms. The summed E-state index contributed by atoms with van der Waals surface area (Å²) in [5, 5.41) is 3.09. The summed E-state index contributed by atoms with van der Waals surface area (Å²) < 4.78 is 0. The molecule has 144 valence electrons. The van der Waals surface area contributed by atoms with Crippen molar-refractivity contribution in [3.05, 3.63) is 42.2 Å². The minimum absolute atomic E-state index is 0.126. The molecule has 0 saturated carbocycles. The summed E-state index contributed by atoms with van der Waals surface area (Å²) in [6.07, 6.45) is 6.82. The van der Waals surface area contributed by atoms with Gasteiger partial charge in [-0.25, -0.2) is 9.97 Å². The Kier molecular flexibility index (Phi) is 6.80. The van der Waals surface area contributed by atoms with Crippen LogP contribution in [0.15, 0.2) is 36.7 Å². The molecular weight excluding hydrogens is 336 g/mol. The second-order valence-electron chi connectivity index (χ2n) is 7.39. The van der Waals surface area contributed by atoms with Crippen LogP contribution in [-0.2, 0) is 4.79 Å². The zero-order valence-electron chi connectivity index (χ0n) is 16.4. The topological polar surface area (TPSA) is 58.1 Å². The largest absolute Gasteiger partial charge is 0.356 e. The van der Waals surface area contributed by atoms with Crippen molar-refractivity contribution < 1.29 is 4.79 Å². The van der Waals surface area contributed by atoms with Crippen molar-refractivity contribution in [1.82, 2.24) is 15.3 Å². The molecule has 0 unspecified atom stereocenters. The number of carbonyl (C=O) groups is 1. The van der Waals surface area contributed by atoms with E-state index in [1.807, 2.05) is 0 Å². The monoisotopic (exact) mass is 366 g/mol. The van der Waals surface area contributed by atoms with Gasteiger partial charge in [0.1, 0.15) is 12.1 Å². The number of hydrogen-bond donors (Lipinski definition) is 1. The summed E-state index contributed by atoms with van der Waals surface area (Å²) in [6, 6.07) is 10.4. The number of aryl methyl sites for hydroxylation is 1. The van der Waals surface area contributed by atoms with Crippen molar-refractivity contribution in [3.8, 4) is 11.3 Å². The molecule has 1 fully saturated rings. The summed E-state index contributed by atoms with van der Waals surface area (Å²) in [5.74, 6) is 1.29. The third kappa shape index (κ3) is 5.28. The number of piperidine rings is 1. The van der Waals surface area contributed by atoms with Gasteiger partial charge in [-0.3, -0.25) is 4.79 Å². The van der Waals surface area contributed by atoms with Gasteiger partial charge in [-0.15, -0.1) is 0 Å². The maximum atomic E-state index is 12.3. The van der Waals surface area contributed by atoms with Crippen LogP contribution < -0.4 is 10.2 Å². The fraction of sp³-hybridized carbons (Fsp3) is 0.500. The summed E-state index contributed by atoms with van der Waals surface area (Å²) >= 11 is 0. The minimum atomic E-state index is 0.126. The zero-order valence-corrected chi connectivity index (χ0v) is 16.4. The lowest BCUT2D eigenvalue weighted by Gasteiger charge is -2.32. The molecule has 2 aromatic rings. The number of nitrogens with one attached hydrogen (secondary N) is 1. The predicted octanol–water partition coefficient (Wildman–Crippen LogP) is 3.97. The van der Waals surface area contributed by atoms with Gasteiger partial charge in [-0.05, 0) is 26.2 Å². The van der Waals surface area contributed by atoms with Crippen molar-refractivity contribution >= 4 is 11.7 Å². The molecule has 1 saturated heterocycles. The second-order valence-corrected chi connectivity index (χ2v) is 7.39. The van der Waals surface area contributed by atoms with E-state index < -0.39 is 0 Å². The molecule has 3 rings (SSSR count). The third-order valence-electron chi connectivity index (χ3n) is 5.27. The fourth-order valence-electron chi connectivity index (χ4n) is 3.50. The molecule has 0 aliphatic carbocycles. The van der Waals surface area contributed by atoms with E-state index in [1.54, 1.807) is 6.33 Å². The summed E-state index contributed by atoms with van der Waals surface area (Å²) in [7, 11) is 0. The van der Waals surface area contributed by atoms with Gasteiger partial charge in [0.2, 0.25) is 5.91 Å². The lowest BCUT2D eigenvalue weighted by molar-refractivity contribution is -0.125. The summed E-state index contributed by atoms with van der Waals surface area (Å²) in [5.41, 5.74) is 3.28. The van der Waals surface area contributed by atoms with Gasteiger partial charge in [0.15, 0.2) is 0 Å². The van der Waals surface area contributed by atoms with E-state index in [0.717, 1.165) is 56.0 Å². The first-order chi connectivity index (χ1) is 13.2. The molecule has 5 nitrogen and oxygen atoms in total. The highest BCUT2D eigenvalue weighted by atomic mass is 16.1. The maximum Gasteiger partial charge on any atom is 0.223 e. The quantitative estimate of drug-likeness (QED) is 0.753. The highest BCUT2D eigenvalue weighted by molar-refractivity contribution is 5.79. The van der Waals surface area contributed by atoms with Crippen LogP contribution in [0, 0.1) is 12.8 Å². The SMILES string of the molecule is CCCCCNC(=O)C1CCN(c2cc(-c3ccc(C)cc3)ncn2)CC1. The Morgan fingerprint density at radius 3 is 2.59 bits per heavy atom. The van der Waals surface area contributed by atoms with Gasteiger partial charge in [0.25, 0.3) is 0 Å². The summed E-state index contributed by atoms with van der Waals surface area (Å²) in [4.78, 5) is 23.5. The Morgan fingerprint density at radius 1 is 1.15 bits per heavy atom. The molecule has 0 radical (unpaired) electrons. The normalized spacial score (nSPS) is 15.0. The molecular formula is C22H30N4O. The van der Waals surface area contributed by atoms with Crippen LogP contribution in [0.3, 0.4) is 0 Å². The van der Waals surface area contributed by atoms with E-state index in [1.165, 1.54) is 18.4 Å². The van der Waals surface area contributed by atoms with Crippen LogP contribution in [0.1, 0.15) is 44.6 Å². The Balaban J connectivity index is 1.56. The van der Waals surface area contributed by atoms with Crippen molar-refractivity contribution in [2.75, 3.05) is 24.5 Å². The van der Waals surface area contributed by atoms with Crippen LogP contribution in [-0.4, -0.2) is 35.5 Å². The van der Waals surface area contributed by atoms with E-state index in [2.05, 4.69) is 64.4 Å². The molecule has 1 amide bonds. The van der Waals surface area contributed by atoms with E-state index in [-0.39, 0.29) is 11.8 Å². The van der Waals surface area contributed by atoms with Crippen molar-refractivity contribution in [2.45, 2.75) is 46.0 Å². The first-order valence-electron chi connectivity index (χ1n) is 10.1. The van der Waals surface area contributed by atoms with E-state index in [9.17, 15) is 4.79 Å². The number of carbonyl (C=O) groups excluding carboxylic acids is 1. The van der Waals surface area contributed by atoms with Crippen LogP contribution >= 0.6 is 0 Å². The second kappa shape index (κ2) is 9.49. The third-order valence-corrected chi connectivity index (χ3v) is 5.27. The van der Waals surface area contributed by atoms with Crippen LogP contribution in [0.25, 0.3) is 11.3 Å². The lowest BCUT2D eigenvalue weighted by atomic mass is 9.95. The van der Waals surface area contributed by atoms with Gasteiger partial charge in [-0.2, -0.15) is 0 Å². The van der Waals surface area contributed by atoms with Crippen molar-refractivity contribution in [3.63, 3.8) is 0 Å². The average molecular weight is 367 g/mol. The number of unbranched alkanes of at least 4 members (excludes halogenated alkanes) is 2. The lowest BCUT2D eigenvalue weighted by Crippen LogP contribution is -2.41. The number of nitrogens with zero attached hydrogens (tertiary/aromatic N) is 3. The maximum absolute atomic E-state index is 12.3. The molecule has 1 aliphatic heterocycles. The molecule has 1 aromatic carbocycles. The number of hydrogen-bond acceptors (Lipinski definition) is 4. The molecule has 27 heavy (non-hydrogen) atoms.